The highest BCUT2D eigenvalue weighted by Crippen LogP contribution is 2.24. The minimum Gasteiger partial charge on any atom is -0.229 e. The van der Waals surface area contributed by atoms with Crippen molar-refractivity contribution in [2.45, 2.75) is 4.90 Å². The third kappa shape index (κ3) is 4.74. The highest BCUT2D eigenvalue weighted by atomic mass is 35.5. The molecule has 0 amide bonds. The predicted molar refractivity (Wildman–Crippen MR) is 71.4 cm³/mol. The topological polar surface area (TPSA) is 80.3 Å². The molecule has 1 N–H and O–H groups in total. The smallest absolute Gasteiger partial charge is 0.229 e. The summed E-state index contributed by atoms with van der Waals surface area (Å²) in [6, 6.07) is 3.85. The van der Waals surface area contributed by atoms with Crippen molar-refractivity contribution in [3.05, 3.63) is 28.2 Å². The van der Waals surface area contributed by atoms with Crippen LogP contribution < -0.4 is 4.72 Å². The maximum absolute atomic E-state index is 11.8. The molecule has 0 spiro atoms. The Morgan fingerprint density at radius 3 is 2.22 bits per heavy atom. The van der Waals surface area contributed by atoms with Gasteiger partial charge in [-0.25, -0.2) is 21.6 Å². The van der Waals surface area contributed by atoms with E-state index in [0.29, 0.717) is 0 Å². The molecule has 1 aromatic rings. The number of benzene rings is 1. The first-order valence-corrected chi connectivity index (χ1v) is 9.04. The highest BCUT2D eigenvalue weighted by Gasteiger charge is 2.15. The second-order valence-electron chi connectivity index (χ2n) is 3.60. The van der Waals surface area contributed by atoms with Crippen LogP contribution in [0.25, 0.3) is 0 Å². The van der Waals surface area contributed by atoms with Crippen molar-refractivity contribution in [1.29, 1.82) is 0 Å². The summed E-state index contributed by atoms with van der Waals surface area (Å²) in [5, 5.41) is 0.356. The Labute approximate surface area is 116 Å². The van der Waals surface area contributed by atoms with Crippen LogP contribution in [0.3, 0.4) is 0 Å². The van der Waals surface area contributed by atoms with Crippen LogP contribution in [0.2, 0.25) is 10.0 Å². The predicted octanol–water partition coefficient (Wildman–Crippen LogP) is 1.32. The van der Waals surface area contributed by atoms with Gasteiger partial charge in [0.25, 0.3) is 0 Å². The van der Waals surface area contributed by atoms with Gasteiger partial charge in [0.2, 0.25) is 10.0 Å². The summed E-state index contributed by atoms with van der Waals surface area (Å²) in [6.45, 7) is -0.193. The van der Waals surface area contributed by atoms with Crippen LogP contribution in [0, 0.1) is 0 Å². The largest absolute Gasteiger partial charge is 0.240 e. The van der Waals surface area contributed by atoms with E-state index >= 15 is 0 Å². The molecule has 0 unspecified atom stereocenters. The lowest BCUT2D eigenvalue weighted by molar-refractivity contribution is 0.582. The van der Waals surface area contributed by atoms with Crippen LogP contribution in [0.4, 0.5) is 0 Å². The number of sulfone groups is 1. The molecule has 1 aromatic carbocycles. The first-order valence-electron chi connectivity index (χ1n) is 4.74. The maximum Gasteiger partial charge on any atom is 0.240 e. The summed E-state index contributed by atoms with van der Waals surface area (Å²) in [5.74, 6) is -0.270. The van der Waals surface area contributed by atoms with E-state index in [1.807, 2.05) is 0 Å². The Kier molecular flexibility index (Phi) is 5.02. The Balaban J connectivity index is 2.84. The summed E-state index contributed by atoms with van der Waals surface area (Å²) in [4.78, 5) is -0.0644. The molecule has 0 fully saturated rings. The molecule has 18 heavy (non-hydrogen) atoms. The SMILES string of the molecule is CS(=O)(=O)CCNS(=O)(=O)c1ccc(Cl)c(Cl)c1. The summed E-state index contributed by atoms with van der Waals surface area (Å²) >= 11 is 11.4. The molecule has 0 aromatic heterocycles. The molecule has 0 aliphatic rings. The van der Waals surface area contributed by atoms with Crippen LogP contribution in [0.5, 0.6) is 0 Å². The minimum atomic E-state index is -3.78. The number of halogens is 2. The van der Waals surface area contributed by atoms with Crippen molar-refractivity contribution < 1.29 is 16.8 Å². The van der Waals surface area contributed by atoms with E-state index in [0.717, 1.165) is 6.26 Å². The quantitative estimate of drug-likeness (QED) is 0.882. The van der Waals surface area contributed by atoms with E-state index in [2.05, 4.69) is 4.72 Å². The van der Waals surface area contributed by atoms with Gasteiger partial charge in [-0.3, -0.25) is 0 Å². The highest BCUT2D eigenvalue weighted by molar-refractivity contribution is 7.91. The number of hydrogen-bond donors (Lipinski definition) is 1. The van der Waals surface area contributed by atoms with Crippen LogP contribution in [-0.2, 0) is 19.9 Å². The summed E-state index contributed by atoms with van der Waals surface area (Å²) < 4.78 is 47.5. The Morgan fingerprint density at radius 1 is 1.11 bits per heavy atom. The molecular formula is C9H11Cl2NO4S2. The fourth-order valence-electron chi connectivity index (χ4n) is 1.09. The third-order valence-corrected chi connectivity index (χ3v) is 5.11. The number of hydrogen-bond acceptors (Lipinski definition) is 4. The molecule has 0 aliphatic carbocycles. The number of nitrogens with one attached hydrogen (secondary N) is 1. The normalized spacial score (nSPS) is 12.6. The van der Waals surface area contributed by atoms with E-state index in [4.69, 9.17) is 23.2 Å². The average molecular weight is 332 g/mol. The van der Waals surface area contributed by atoms with E-state index in [1.54, 1.807) is 0 Å². The Hall–Kier alpha value is -0.340. The third-order valence-electron chi connectivity index (χ3n) is 1.97. The maximum atomic E-state index is 11.8. The van der Waals surface area contributed by atoms with Crippen molar-refractivity contribution >= 4 is 43.1 Å². The zero-order chi connectivity index (χ0) is 14.0. The lowest BCUT2D eigenvalue weighted by Crippen LogP contribution is -2.28. The standard InChI is InChI=1S/C9H11Cl2NO4S2/c1-17(13,14)5-4-12-18(15,16)7-2-3-8(10)9(11)6-7/h2-3,6,12H,4-5H2,1H3. The van der Waals surface area contributed by atoms with Crippen molar-refractivity contribution in [2.75, 3.05) is 18.6 Å². The fourth-order valence-corrected chi connectivity index (χ4v) is 3.11. The van der Waals surface area contributed by atoms with Crippen molar-refractivity contribution in [3.63, 3.8) is 0 Å². The molecule has 0 saturated carbocycles. The van der Waals surface area contributed by atoms with Crippen LogP contribution in [-0.4, -0.2) is 35.4 Å². The number of sulfonamides is 1. The zero-order valence-electron chi connectivity index (χ0n) is 9.35. The van der Waals surface area contributed by atoms with Crippen molar-refractivity contribution in [2.24, 2.45) is 0 Å². The summed E-state index contributed by atoms with van der Waals surface area (Å²) in [6.07, 6.45) is 1.03. The van der Waals surface area contributed by atoms with Gasteiger partial charge in [0.05, 0.1) is 20.7 Å². The zero-order valence-corrected chi connectivity index (χ0v) is 12.5. The molecule has 9 heteroatoms. The van der Waals surface area contributed by atoms with Gasteiger partial charge in [-0.1, -0.05) is 23.2 Å². The monoisotopic (exact) mass is 331 g/mol. The molecule has 0 aliphatic heterocycles. The molecule has 102 valence electrons. The second kappa shape index (κ2) is 5.75. The first kappa shape index (κ1) is 15.7. The van der Waals surface area contributed by atoms with E-state index < -0.39 is 19.9 Å². The first-order chi connectivity index (χ1) is 8.12. The average Bonchev–Trinajstić information content (AvgIpc) is 2.19. The molecule has 0 radical (unpaired) electrons. The van der Waals surface area contributed by atoms with Gasteiger partial charge in [-0.2, -0.15) is 0 Å². The fraction of sp³-hybridized carbons (Fsp3) is 0.333. The van der Waals surface area contributed by atoms with Crippen LogP contribution >= 0.6 is 23.2 Å². The van der Waals surface area contributed by atoms with Gasteiger partial charge in [0.15, 0.2) is 0 Å². The molecule has 5 nitrogen and oxygen atoms in total. The molecular weight excluding hydrogens is 321 g/mol. The molecule has 0 saturated heterocycles. The van der Waals surface area contributed by atoms with Gasteiger partial charge < -0.3 is 0 Å². The van der Waals surface area contributed by atoms with Crippen LogP contribution in [0.1, 0.15) is 0 Å². The van der Waals surface area contributed by atoms with Crippen molar-refractivity contribution in [1.82, 2.24) is 4.72 Å². The molecule has 1 rings (SSSR count). The number of rotatable bonds is 5. The molecule has 0 bridgehead atoms. The van der Waals surface area contributed by atoms with E-state index in [1.165, 1.54) is 18.2 Å². The Morgan fingerprint density at radius 2 is 1.72 bits per heavy atom. The summed E-state index contributed by atoms with van der Waals surface area (Å²) in [5.41, 5.74) is 0. The van der Waals surface area contributed by atoms with Gasteiger partial charge in [-0.15, -0.1) is 0 Å². The molecule has 0 heterocycles. The van der Waals surface area contributed by atoms with Gasteiger partial charge in [0.1, 0.15) is 9.84 Å². The van der Waals surface area contributed by atoms with Crippen molar-refractivity contribution in [3.8, 4) is 0 Å². The van der Waals surface area contributed by atoms with Crippen LogP contribution in [0.15, 0.2) is 23.1 Å². The van der Waals surface area contributed by atoms with Gasteiger partial charge in [0, 0.05) is 12.8 Å². The molecule has 0 atom stereocenters. The Bertz CT molecular complexity index is 641. The van der Waals surface area contributed by atoms with Gasteiger partial charge >= 0.3 is 0 Å². The second-order valence-corrected chi connectivity index (χ2v) is 8.44. The van der Waals surface area contributed by atoms with E-state index in [9.17, 15) is 16.8 Å². The van der Waals surface area contributed by atoms with Gasteiger partial charge in [-0.05, 0) is 18.2 Å². The lowest BCUT2D eigenvalue weighted by Gasteiger charge is -2.07. The van der Waals surface area contributed by atoms with E-state index in [-0.39, 0.29) is 27.2 Å². The lowest BCUT2D eigenvalue weighted by atomic mass is 10.4. The minimum absolute atomic E-state index is 0.0644. The summed E-state index contributed by atoms with van der Waals surface area (Å²) in [7, 11) is -7.00.